The van der Waals surface area contributed by atoms with Crippen LogP contribution >= 0.6 is 11.3 Å². The van der Waals surface area contributed by atoms with E-state index in [0.717, 1.165) is 42.7 Å². The van der Waals surface area contributed by atoms with E-state index in [1.807, 2.05) is 35.4 Å². The van der Waals surface area contributed by atoms with Crippen molar-refractivity contribution in [1.29, 1.82) is 0 Å². The topological polar surface area (TPSA) is 75.3 Å². The Morgan fingerprint density at radius 3 is 2.74 bits per heavy atom. The lowest BCUT2D eigenvalue weighted by atomic mass is 10.2. The van der Waals surface area contributed by atoms with Gasteiger partial charge in [-0.25, -0.2) is 9.97 Å². The van der Waals surface area contributed by atoms with Crippen molar-refractivity contribution in [3.8, 4) is 0 Å². The minimum atomic E-state index is -0.0780. The Bertz CT molecular complexity index is 650. The van der Waals surface area contributed by atoms with Gasteiger partial charge >= 0.3 is 0 Å². The normalized spacial score (nSPS) is 16.4. The van der Waals surface area contributed by atoms with Crippen LogP contribution in [0.2, 0.25) is 0 Å². The second-order valence-corrected chi connectivity index (χ2v) is 6.59. The molecule has 0 saturated carbocycles. The molecule has 1 atom stereocenters. The standard InChI is InChI=1S/C16H21N5OS/c1-12(17)16-19-13(11-23-16)10-15(22)21-8-6-20(7-9-21)14-4-2-3-5-18-14/h2-5,11-12H,6-10,17H2,1H3. The van der Waals surface area contributed by atoms with Crippen LogP contribution in [0.5, 0.6) is 0 Å². The van der Waals surface area contributed by atoms with Crippen LogP contribution in [0.1, 0.15) is 23.7 Å². The van der Waals surface area contributed by atoms with Gasteiger partial charge in [-0.1, -0.05) is 6.07 Å². The minimum absolute atomic E-state index is 0.0780. The van der Waals surface area contributed by atoms with Gasteiger partial charge in [0.25, 0.3) is 0 Å². The summed E-state index contributed by atoms with van der Waals surface area (Å²) in [4.78, 5) is 25.3. The molecule has 0 aromatic carbocycles. The highest BCUT2D eigenvalue weighted by Gasteiger charge is 2.22. The summed E-state index contributed by atoms with van der Waals surface area (Å²) in [7, 11) is 0. The fourth-order valence-corrected chi connectivity index (χ4v) is 3.38. The molecule has 0 aliphatic carbocycles. The van der Waals surface area contributed by atoms with Crippen LogP contribution in [-0.4, -0.2) is 47.0 Å². The number of amides is 1. The van der Waals surface area contributed by atoms with Crippen LogP contribution in [0.15, 0.2) is 29.8 Å². The third kappa shape index (κ3) is 3.86. The number of anilines is 1. The van der Waals surface area contributed by atoms with Gasteiger partial charge in [0.2, 0.25) is 5.91 Å². The van der Waals surface area contributed by atoms with Gasteiger partial charge in [0.15, 0.2) is 0 Å². The first-order valence-electron chi connectivity index (χ1n) is 7.77. The number of hydrogen-bond donors (Lipinski definition) is 1. The molecule has 1 unspecified atom stereocenters. The fourth-order valence-electron chi connectivity index (χ4n) is 2.61. The molecule has 2 aromatic heterocycles. The van der Waals surface area contributed by atoms with Gasteiger partial charge in [0.05, 0.1) is 18.2 Å². The van der Waals surface area contributed by atoms with Gasteiger partial charge in [0, 0.05) is 37.8 Å². The molecule has 1 aliphatic rings. The van der Waals surface area contributed by atoms with Gasteiger partial charge in [-0.3, -0.25) is 4.79 Å². The summed E-state index contributed by atoms with van der Waals surface area (Å²) in [6.45, 7) is 4.97. The van der Waals surface area contributed by atoms with Crippen LogP contribution in [0.25, 0.3) is 0 Å². The first-order valence-corrected chi connectivity index (χ1v) is 8.65. The van der Waals surface area contributed by atoms with Crippen LogP contribution < -0.4 is 10.6 Å². The zero-order valence-corrected chi connectivity index (χ0v) is 14.0. The molecule has 23 heavy (non-hydrogen) atoms. The Hall–Kier alpha value is -1.99. The van der Waals surface area contributed by atoms with Crippen molar-refractivity contribution in [2.45, 2.75) is 19.4 Å². The van der Waals surface area contributed by atoms with Crippen molar-refractivity contribution in [3.05, 3.63) is 40.5 Å². The molecule has 1 saturated heterocycles. The quantitative estimate of drug-likeness (QED) is 0.918. The number of nitrogens with two attached hydrogens (primary N) is 1. The smallest absolute Gasteiger partial charge is 0.228 e. The highest BCUT2D eigenvalue weighted by molar-refractivity contribution is 7.09. The Balaban J connectivity index is 1.53. The summed E-state index contributed by atoms with van der Waals surface area (Å²) < 4.78 is 0. The third-order valence-electron chi connectivity index (χ3n) is 3.90. The predicted molar refractivity (Wildman–Crippen MR) is 91.5 cm³/mol. The van der Waals surface area contributed by atoms with Crippen LogP contribution in [0, 0.1) is 0 Å². The largest absolute Gasteiger partial charge is 0.353 e. The molecule has 6 nitrogen and oxygen atoms in total. The third-order valence-corrected chi connectivity index (χ3v) is 4.99. The lowest BCUT2D eigenvalue weighted by molar-refractivity contribution is -0.130. The van der Waals surface area contributed by atoms with E-state index in [4.69, 9.17) is 5.73 Å². The summed E-state index contributed by atoms with van der Waals surface area (Å²) in [5.41, 5.74) is 6.63. The molecule has 0 radical (unpaired) electrons. The van der Waals surface area contributed by atoms with Crippen molar-refractivity contribution < 1.29 is 4.79 Å². The number of piperazine rings is 1. The zero-order valence-electron chi connectivity index (χ0n) is 13.2. The molecule has 1 amide bonds. The second-order valence-electron chi connectivity index (χ2n) is 5.70. The maximum absolute atomic E-state index is 12.4. The van der Waals surface area contributed by atoms with Crippen LogP contribution in [0.3, 0.4) is 0 Å². The monoisotopic (exact) mass is 331 g/mol. The molecule has 7 heteroatoms. The summed E-state index contributed by atoms with van der Waals surface area (Å²) in [5.74, 6) is 1.10. The molecular weight excluding hydrogens is 310 g/mol. The first-order chi connectivity index (χ1) is 11.1. The van der Waals surface area contributed by atoms with Gasteiger partial charge < -0.3 is 15.5 Å². The van der Waals surface area contributed by atoms with Crippen molar-refractivity contribution in [3.63, 3.8) is 0 Å². The second kappa shape index (κ2) is 7.06. The Morgan fingerprint density at radius 2 is 2.13 bits per heavy atom. The number of aromatic nitrogens is 2. The lowest BCUT2D eigenvalue weighted by Gasteiger charge is -2.35. The van der Waals surface area contributed by atoms with Gasteiger partial charge in [0.1, 0.15) is 10.8 Å². The summed E-state index contributed by atoms with van der Waals surface area (Å²) in [5, 5.41) is 2.81. The van der Waals surface area contributed by atoms with Crippen LogP contribution in [-0.2, 0) is 11.2 Å². The molecule has 3 rings (SSSR count). The number of thiazole rings is 1. The first kappa shape index (κ1) is 15.9. The van der Waals surface area contributed by atoms with E-state index < -0.39 is 0 Å². The molecule has 3 heterocycles. The summed E-state index contributed by atoms with van der Waals surface area (Å²) >= 11 is 1.52. The molecule has 1 fully saturated rings. The maximum atomic E-state index is 12.4. The molecule has 0 spiro atoms. The van der Waals surface area contributed by atoms with E-state index in [1.54, 1.807) is 6.20 Å². The molecule has 1 aliphatic heterocycles. The van der Waals surface area contributed by atoms with Crippen molar-refractivity contribution in [2.24, 2.45) is 5.73 Å². The van der Waals surface area contributed by atoms with Crippen LogP contribution in [0.4, 0.5) is 5.82 Å². The lowest BCUT2D eigenvalue weighted by Crippen LogP contribution is -2.49. The number of rotatable bonds is 4. The average Bonchev–Trinajstić information content (AvgIpc) is 3.04. The van der Waals surface area contributed by atoms with E-state index in [9.17, 15) is 4.79 Å². The highest BCUT2D eigenvalue weighted by Crippen LogP contribution is 2.17. The van der Waals surface area contributed by atoms with E-state index in [0.29, 0.717) is 6.42 Å². The summed E-state index contributed by atoms with van der Waals surface area (Å²) in [6, 6.07) is 5.82. The Morgan fingerprint density at radius 1 is 1.35 bits per heavy atom. The molecule has 2 N–H and O–H groups in total. The van der Waals surface area contributed by atoms with Gasteiger partial charge in [-0.2, -0.15) is 0 Å². The van der Waals surface area contributed by atoms with Gasteiger partial charge in [-0.15, -0.1) is 11.3 Å². The molecule has 122 valence electrons. The number of nitrogens with zero attached hydrogens (tertiary/aromatic N) is 4. The summed E-state index contributed by atoms with van der Waals surface area (Å²) in [6.07, 6.45) is 2.15. The van der Waals surface area contributed by atoms with E-state index in [2.05, 4.69) is 14.9 Å². The number of pyridine rings is 1. The van der Waals surface area contributed by atoms with Crippen molar-refractivity contribution >= 4 is 23.1 Å². The SMILES string of the molecule is CC(N)c1nc(CC(=O)N2CCN(c3ccccn3)CC2)cs1. The molecular formula is C16H21N5OS. The number of carbonyl (C=O) groups excluding carboxylic acids is 1. The zero-order chi connectivity index (χ0) is 16.2. The number of hydrogen-bond acceptors (Lipinski definition) is 6. The van der Waals surface area contributed by atoms with E-state index >= 15 is 0 Å². The van der Waals surface area contributed by atoms with E-state index in [1.165, 1.54) is 11.3 Å². The average molecular weight is 331 g/mol. The highest BCUT2D eigenvalue weighted by atomic mass is 32.1. The van der Waals surface area contributed by atoms with Gasteiger partial charge in [-0.05, 0) is 19.1 Å². The molecule has 2 aromatic rings. The Kier molecular flexibility index (Phi) is 4.88. The Labute approximate surface area is 140 Å². The fraction of sp³-hybridized carbons (Fsp3) is 0.438. The maximum Gasteiger partial charge on any atom is 0.228 e. The predicted octanol–water partition coefficient (Wildman–Crippen LogP) is 1.45. The van der Waals surface area contributed by atoms with Crippen molar-refractivity contribution in [2.75, 3.05) is 31.1 Å². The number of carbonyl (C=O) groups is 1. The minimum Gasteiger partial charge on any atom is -0.353 e. The molecule has 0 bridgehead atoms. The van der Waals surface area contributed by atoms with E-state index in [-0.39, 0.29) is 11.9 Å². The van der Waals surface area contributed by atoms with Crippen molar-refractivity contribution in [1.82, 2.24) is 14.9 Å².